The minimum Gasteiger partial charge on any atom is -0.347 e. The van der Waals surface area contributed by atoms with Crippen LogP contribution >= 0.6 is 0 Å². The van der Waals surface area contributed by atoms with Crippen molar-refractivity contribution in [3.8, 4) is 0 Å². The van der Waals surface area contributed by atoms with E-state index in [4.69, 9.17) is 9.47 Å². The molecule has 12 heavy (non-hydrogen) atoms. The molecule has 1 atom stereocenters. The molecular formula is C10H18O2. The SMILES string of the molecule is CCCC1CCCC12OCCO2. The summed E-state index contributed by atoms with van der Waals surface area (Å²) in [6.45, 7) is 3.85. The smallest absolute Gasteiger partial charge is 0.171 e. The topological polar surface area (TPSA) is 18.5 Å². The normalized spacial score (nSPS) is 33.2. The molecule has 2 rings (SSSR count). The third-order valence-electron chi connectivity index (χ3n) is 3.11. The number of hydrogen-bond acceptors (Lipinski definition) is 2. The number of ether oxygens (including phenoxy) is 2. The summed E-state index contributed by atoms with van der Waals surface area (Å²) < 4.78 is 11.5. The summed E-state index contributed by atoms with van der Waals surface area (Å²) in [7, 11) is 0. The van der Waals surface area contributed by atoms with Crippen molar-refractivity contribution in [3.63, 3.8) is 0 Å². The summed E-state index contributed by atoms with van der Waals surface area (Å²) in [5, 5.41) is 0. The Morgan fingerprint density at radius 1 is 1.33 bits per heavy atom. The molecule has 1 saturated carbocycles. The van der Waals surface area contributed by atoms with Crippen molar-refractivity contribution in [1.29, 1.82) is 0 Å². The fraction of sp³-hybridized carbons (Fsp3) is 1.00. The van der Waals surface area contributed by atoms with E-state index in [1.165, 1.54) is 25.7 Å². The first-order valence-electron chi connectivity index (χ1n) is 5.15. The van der Waals surface area contributed by atoms with Crippen LogP contribution in [0.5, 0.6) is 0 Å². The molecule has 0 radical (unpaired) electrons. The second-order valence-electron chi connectivity index (χ2n) is 3.89. The fourth-order valence-electron chi connectivity index (χ4n) is 2.58. The second-order valence-corrected chi connectivity index (χ2v) is 3.89. The lowest BCUT2D eigenvalue weighted by molar-refractivity contribution is -0.182. The molecule has 2 heteroatoms. The lowest BCUT2D eigenvalue weighted by Crippen LogP contribution is -2.34. The van der Waals surface area contributed by atoms with Crippen molar-refractivity contribution >= 4 is 0 Å². The van der Waals surface area contributed by atoms with Gasteiger partial charge in [-0.05, 0) is 19.3 Å². The second kappa shape index (κ2) is 3.35. The Bertz CT molecular complexity index is 144. The molecule has 0 aromatic heterocycles. The molecule has 2 aliphatic rings. The predicted octanol–water partition coefficient (Wildman–Crippen LogP) is 2.33. The largest absolute Gasteiger partial charge is 0.347 e. The van der Waals surface area contributed by atoms with Gasteiger partial charge in [0, 0.05) is 12.3 Å². The van der Waals surface area contributed by atoms with Crippen molar-refractivity contribution in [2.45, 2.75) is 44.8 Å². The van der Waals surface area contributed by atoms with Crippen LogP contribution in [0.2, 0.25) is 0 Å². The first kappa shape index (κ1) is 8.52. The highest BCUT2D eigenvalue weighted by molar-refractivity contribution is 4.88. The summed E-state index contributed by atoms with van der Waals surface area (Å²) in [4.78, 5) is 0. The minimum atomic E-state index is -0.143. The van der Waals surface area contributed by atoms with Crippen molar-refractivity contribution in [2.24, 2.45) is 5.92 Å². The van der Waals surface area contributed by atoms with E-state index in [9.17, 15) is 0 Å². The van der Waals surface area contributed by atoms with Gasteiger partial charge in [-0.25, -0.2) is 0 Å². The van der Waals surface area contributed by atoms with Gasteiger partial charge in [0.15, 0.2) is 5.79 Å². The van der Waals surface area contributed by atoms with Crippen LogP contribution in [0.4, 0.5) is 0 Å². The first-order chi connectivity index (χ1) is 5.87. The van der Waals surface area contributed by atoms with Crippen LogP contribution in [-0.4, -0.2) is 19.0 Å². The van der Waals surface area contributed by atoms with E-state index < -0.39 is 0 Å². The highest BCUT2D eigenvalue weighted by Crippen LogP contribution is 2.44. The molecule has 1 unspecified atom stereocenters. The molecule has 1 spiro atoms. The van der Waals surface area contributed by atoms with E-state index in [0.717, 1.165) is 19.6 Å². The molecule has 70 valence electrons. The highest BCUT2D eigenvalue weighted by atomic mass is 16.7. The van der Waals surface area contributed by atoms with Crippen LogP contribution in [0, 0.1) is 5.92 Å². The van der Waals surface area contributed by atoms with Gasteiger partial charge in [0.25, 0.3) is 0 Å². The molecule has 1 heterocycles. The predicted molar refractivity (Wildman–Crippen MR) is 46.9 cm³/mol. The van der Waals surface area contributed by atoms with E-state index in [2.05, 4.69) is 6.92 Å². The van der Waals surface area contributed by atoms with Crippen LogP contribution in [0.15, 0.2) is 0 Å². The summed E-state index contributed by atoms with van der Waals surface area (Å²) in [5.74, 6) is 0.528. The van der Waals surface area contributed by atoms with Crippen molar-refractivity contribution < 1.29 is 9.47 Å². The van der Waals surface area contributed by atoms with Crippen LogP contribution in [0.1, 0.15) is 39.0 Å². The quantitative estimate of drug-likeness (QED) is 0.633. The van der Waals surface area contributed by atoms with Gasteiger partial charge in [-0.15, -0.1) is 0 Å². The molecule has 2 fully saturated rings. The molecule has 0 bridgehead atoms. The minimum absolute atomic E-state index is 0.143. The van der Waals surface area contributed by atoms with E-state index in [0.29, 0.717) is 5.92 Å². The molecule has 0 aromatic carbocycles. The summed E-state index contributed by atoms with van der Waals surface area (Å²) in [5.41, 5.74) is 0. The van der Waals surface area contributed by atoms with Gasteiger partial charge in [0.05, 0.1) is 13.2 Å². The molecule has 0 aromatic rings. The third-order valence-corrected chi connectivity index (χ3v) is 3.11. The first-order valence-corrected chi connectivity index (χ1v) is 5.15. The molecule has 0 N–H and O–H groups in total. The maximum Gasteiger partial charge on any atom is 0.171 e. The van der Waals surface area contributed by atoms with Gasteiger partial charge in [-0.1, -0.05) is 13.3 Å². The standard InChI is InChI=1S/C10H18O2/c1-2-4-9-5-3-6-10(9)11-7-8-12-10/h9H,2-8H2,1H3. The fourth-order valence-corrected chi connectivity index (χ4v) is 2.58. The molecule has 1 saturated heterocycles. The van der Waals surface area contributed by atoms with E-state index in [-0.39, 0.29) is 5.79 Å². The molecule has 1 aliphatic heterocycles. The van der Waals surface area contributed by atoms with E-state index in [1.807, 2.05) is 0 Å². The zero-order chi connectivity index (χ0) is 8.44. The maximum atomic E-state index is 5.74. The Morgan fingerprint density at radius 3 is 2.75 bits per heavy atom. The molecular weight excluding hydrogens is 152 g/mol. The molecule has 0 amide bonds. The van der Waals surface area contributed by atoms with Gasteiger partial charge < -0.3 is 9.47 Å². The number of rotatable bonds is 2. The van der Waals surface area contributed by atoms with Gasteiger partial charge in [-0.2, -0.15) is 0 Å². The monoisotopic (exact) mass is 170 g/mol. The summed E-state index contributed by atoms with van der Waals surface area (Å²) in [6, 6.07) is 0. The van der Waals surface area contributed by atoms with Gasteiger partial charge in [-0.3, -0.25) is 0 Å². The van der Waals surface area contributed by atoms with Crippen molar-refractivity contribution in [2.75, 3.05) is 13.2 Å². The average Bonchev–Trinajstić information content (AvgIpc) is 2.66. The van der Waals surface area contributed by atoms with Crippen LogP contribution in [-0.2, 0) is 9.47 Å². The summed E-state index contributed by atoms with van der Waals surface area (Å²) >= 11 is 0. The van der Waals surface area contributed by atoms with E-state index in [1.54, 1.807) is 0 Å². The third kappa shape index (κ3) is 1.27. The van der Waals surface area contributed by atoms with Gasteiger partial charge in [0.2, 0.25) is 0 Å². The Morgan fingerprint density at radius 2 is 2.08 bits per heavy atom. The highest BCUT2D eigenvalue weighted by Gasteiger charge is 2.46. The lowest BCUT2D eigenvalue weighted by atomic mass is 9.97. The number of hydrogen-bond donors (Lipinski definition) is 0. The van der Waals surface area contributed by atoms with Gasteiger partial charge in [0.1, 0.15) is 0 Å². The maximum absolute atomic E-state index is 5.74. The summed E-state index contributed by atoms with van der Waals surface area (Å²) in [6.07, 6.45) is 6.22. The zero-order valence-corrected chi connectivity index (χ0v) is 7.84. The van der Waals surface area contributed by atoms with Crippen molar-refractivity contribution in [1.82, 2.24) is 0 Å². The Balaban J connectivity index is 2.01. The Kier molecular flexibility index (Phi) is 2.37. The van der Waals surface area contributed by atoms with Crippen LogP contribution in [0.25, 0.3) is 0 Å². The lowest BCUT2D eigenvalue weighted by Gasteiger charge is -2.28. The average molecular weight is 170 g/mol. The van der Waals surface area contributed by atoms with Crippen LogP contribution < -0.4 is 0 Å². The Hall–Kier alpha value is -0.0800. The van der Waals surface area contributed by atoms with Gasteiger partial charge >= 0.3 is 0 Å². The van der Waals surface area contributed by atoms with Crippen molar-refractivity contribution in [3.05, 3.63) is 0 Å². The molecule has 2 nitrogen and oxygen atoms in total. The van der Waals surface area contributed by atoms with E-state index >= 15 is 0 Å². The molecule has 1 aliphatic carbocycles. The van der Waals surface area contributed by atoms with Crippen LogP contribution in [0.3, 0.4) is 0 Å². The Labute approximate surface area is 74.2 Å². The zero-order valence-electron chi connectivity index (χ0n) is 7.84.